The molecule has 28 heavy (non-hydrogen) atoms. The number of anilines is 1. The standard InChI is InChI=1S/C21H23N5OS/c1-14-10-12-17(13-11-14)15(2)23-24-21(28)22-19-16(3)25(4)26(20(19)27)18-8-6-5-7-9-18/h5-13H,1-4H3,(H2,22,24,28)/b23-15-. The lowest BCUT2D eigenvalue weighted by molar-refractivity contribution is 0.630. The zero-order valence-corrected chi connectivity index (χ0v) is 17.2. The average Bonchev–Trinajstić information content (AvgIpc) is 2.90. The Bertz CT molecular complexity index is 1080. The summed E-state index contributed by atoms with van der Waals surface area (Å²) in [5.41, 5.74) is 7.63. The number of rotatable bonds is 4. The number of aryl methyl sites for hydroxylation is 1. The van der Waals surface area contributed by atoms with Gasteiger partial charge in [-0.3, -0.25) is 14.9 Å². The maximum atomic E-state index is 12.9. The minimum absolute atomic E-state index is 0.172. The predicted molar refractivity (Wildman–Crippen MR) is 118 cm³/mol. The van der Waals surface area contributed by atoms with E-state index in [2.05, 4.69) is 15.8 Å². The van der Waals surface area contributed by atoms with E-state index in [1.54, 1.807) is 9.36 Å². The molecule has 1 heterocycles. The summed E-state index contributed by atoms with van der Waals surface area (Å²) in [6, 6.07) is 17.6. The van der Waals surface area contributed by atoms with Crippen molar-refractivity contribution >= 4 is 28.7 Å². The highest BCUT2D eigenvalue weighted by atomic mass is 32.1. The summed E-state index contributed by atoms with van der Waals surface area (Å²) in [7, 11) is 1.84. The number of hydrogen-bond acceptors (Lipinski definition) is 3. The van der Waals surface area contributed by atoms with Crippen molar-refractivity contribution in [1.29, 1.82) is 0 Å². The van der Waals surface area contributed by atoms with Gasteiger partial charge in [-0.05, 0) is 50.7 Å². The average molecular weight is 394 g/mol. The van der Waals surface area contributed by atoms with E-state index in [0.717, 1.165) is 22.7 Å². The van der Waals surface area contributed by atoms with Gasteiger partial charge >= 0.3 is 0 Å². The van der Waals surface area contributed by atoms with Crippen molar-refractivity contribution in [3.63, 3.8) is 0 Å². The largest absolute Gasteiger partial charge is 0.325 e. The molecule has 7 heteroatoms. The first-order valence-corrected chi connectivity index (χ1v) is 9.31. The van der Waals surface area contributed by atoms with Crippen molar-refractivity contribution in [3.8, 4) is 5.69 Å². The summed E-state index contributed by atoms with van der Waals surface area (Å²) >= 11 is 5.33. The third-order valence-corrected chi connectivity index (χ3v) is 4.78. The number of benzene rings is 2. The minimum atomic E-state index is -0.172. The van der Waals surface area contributed by atoms with Gasteiger partial charge in [0, 0.05) is 7.05 Å². The third-order valence-electron chi connectivity index (χ3n) is 4.59. The molecule has 0 unspecified atom stereocenters. The van der Waals surface area contributed by atoms with Crippen molar-refractivity contribution in [3.05, 3.63) is 81.8 Å². The van der Waals surface area contributed by atoms with Gasteiger partial charge in [0.2, 0.25) is 0 Å². The Labute approximate surface area is 169 Å². The second-order valence-electron chi connectivity index (χ2n) is 6.57. The molecule has 3 rings (SSSR count). The number of nitrogens with zero attached hydrogens (tertiary/aromatic N) is 3. The van der Waals surface area contributed by atoms with Crippen LogP contribution in [-0.2, 0) is 7.05 Å². The number of thiocarbonyl (C=S) groups is 1. The van der Waals surface area contributed by atoms with Crippen molar-refractivity contribution in [2.24, 2.45) is 12.1 Å². The zero-order chi connectivity index (χ0) is 20.3. The fourth-order valence-electron chi connectivity index (χ4n) is 2.85. The van der Waals surface area contributed by atoms with Gasteiger partial charge in [-0.1, -0.05) is 48.0 Å². The molecule has 0 aliphatic carbocycles. The van der Waals surface area contributed by atoms with Crippen LogP contribution >= 0.6 is 12.2 Å². The first-order valence-electron chi connectivity index (χ1n) is 8.91. The first-order chi connectivity index (χ1) is 13.4. The van der Waals surface area contributed by atoms with Crippen LogP contribution in [0.3, 0.4) is 0 Å². The predicted octanol–water partition coefficient (Wildman–Crippen LogP) is 3.50. The van der Waals surface area contributed by atoms with E-state index in [-0.39, 0.29) is 10.7 Å². The van der Waals surface area contributed by atoms with Crippen molar-refractivity contribution in [2.75, 3.05) is 5.32 Å². The smallest absolute Gasteiger partial charge is 0.295 e. The van der Waals surface area contributed by atoms with Gasteiger partial charge in [-0.15, -0.1) is 0 Å². The molecule has 144 valence electrons. The normalized spacial score (nSPS) is 11.4. The van der Waals surface area contributed by atoms with Gasteiger partial charge in [0.1, 0.15) is 5.69 Å². The molecular formula is C21H23N5OS. The molecule has 0 spiro atoms. The van der Waals surface area contributed by atoms with E-state index < -0.39 is 0 Å². The van der Waals surface area contributed by atoms with E-state index in [1.807, 2.05) is 82.4 Å². The summed E-state index contributed by atoms with van der Waals surface area (Å²) in [4.78, 5) is 12.9. The van der Waals surface area contributed by atoms with Crippen molar-refractivity contribution in [2.45, 2.75) is 20.8 Å². The highest BCUT2D eigenvalue weighted by Gasteiger charge is 2.16. The number of hydrazone groups is 1. The Morgan fingerprint density at radius 3 is 2.32 bits per heavy atom. The van der Waals surface area contributed by atoms with Gasteiger partial charge in [0.05, 0.1) is 17.1 Å². The Morgan fingerprint density at radius 2 is 1.68 bits per heavy atom. The molecule has 0 saturated heterocycles. The Balaban J connectivity index is 1.78. The number of aromatic nitrogens is 2. The highest BCUT2D eigenvalue weighted by Crippen LogP contribution is 2.13. The van der Waals surface area contributed by atoms with Crippen LogP contribution in [0.4, 0.5) is 5.69 Å². The quantitative estimate of drug-likeness (QED) is 0.405. The second kappa shape index (κ2) is 8.22. The molecule has 3 aromatic rings. The fraction of sp³-hybridized carbons (Fsp3) is 0.190. The molecule has 0 aliphatic rings. The van der Waals surface area contributed by atoms with Crippen LogP contribution in [-0.4, -0.2) is 20.2 Å². The molecule has 0 aliphatic heterocycles. The lowest BCUT2D eigenvalue weighted by Gasteiger charge is -2.08. The molecular weight excluding hydrogens is 370 g/mol. The molecule has 1 aromatic heterocycles. The Hall–Kier alpha value is -3.19. The summed E-state index contributed by atoms with van der Waals surface area (Å²) < 4.78 is 3.39. The molecule has 0 radical (unpaired) electrons. The van der Waals surface area contributed by atoms with Gasteiger partial charge in [-0.25, -0.2) is 4.68 Å². The van der Waals surface area contributed by atoms with Gasteiger partial charge in [0.15, 0.2) is 5.11 Å². The monoisotopic (exact) mass is 393 g/mol. The number of nitrogens with one attached hydrogen (secondary N) is 2. The van der Waals surface area contributed by atoms with E-state index in [0.29, 0.717) is 5.69 Å². The molecule has 6 nitrogen and oxygen atoms in total. The summed E-state index contributed by atoms with van der Waals surface area (Å²) in [5.74, 6) is 0. The summed E-state index contributed by atoms with van der Waals surface area (Å²) in [6.45, 7) is 5.81. The highest BCUT2D eigenvalue weighted by molar-refractivity contribution is 7.80. The van der Waals surface area contributed by atoms with Crippen molar-refractivity contribution < 1.29 is 0 Å². The topological polar surface area (TPSA) is 63.4 Å². The first kappa shape index (κ1) is 19.6. The maximum Gasteiger partial charge on any atom is 0.295 e. The van der Waals surface area contributed by atoms with Gasteiger partial charge in [-0.2, -0.15) is 5.10 Å². The minimum Gasteiger partial charge on any atom is -0.325 e. The summed E-state index contributed by atoms with van der Waals surface area (Å²) in [6.07, 6.45) is 0. The molecule has 0 bridgehead atoms. The number of para-hydroxylation sites is 1. The van der Waals surface area contributed by atoms with Gasteiger partial charge in [0.25, 0.3) is 5.56 Å². The van der Waals surface area contributed by atoms with Crippen LogP contribution in [0.25, 0.3) is 5.69 Å². The van der Waals surface area contributed by atoms with Crippen LogP contribution in [0.1, 0.15) is 23.7 Å². The van der Waals surface area contributed by atoms with Crippen LogP contribution in [0.5, 0.6) is 0 Å². The maximum absolute atomic E-state index is 12.9. The fourth-order valence-corrected chi connectivity index (χ4v) is 3.00. The van der Waals surface area contributed by atoms with E-state index >= 15 is 0 Å². The third kappa shape index (κ3) is 4.04. The zero-order valence-electron chi connectivity index (χ0n) is 16.4. The van der Waals surface area contributed by atoms with E-state index in [9.17, 15) is 4.79 Å². The molecule has 0 fully saturated rings. The number of hydrogen-bond donors (Lipinski definition) is 2. The molecule has 0 saturated carbocycles. The molecule has 2 N–H and O–H groups in total. The van der Waals surface area contributed by atoms with E-state index in [4.69, 9.17) is 12.2 Å². The molecule has 0 atom stereocenters. The molecule has 2 aromatic carbocycles. The van der Waals surface area contributed by atoms with Crippen LogP contribution in [0.15, 0.2) is 64.5 Å². The van der Waals surface area contributed by atoms with E-state index in [1.165, 1.54) is 5.56 Å². The second-order valence-corrected chi connectivity index (χ2v) is 6.97. The Kier molecular flexibility index (Phi) is 5.75. The van der Waals surface area contributed by atoms with Crippen LogP contribution in [0.2, 0.25) is 0 Å². The summed E-state index contributed by atoms with van der Waals surface area (Å²) in [5, 5.41) is 7.56. The van der Waals surface area contributed by atoms with Crippen LogP contribution in [0, 0.1) is 13.8 Å². The van der Waals surface area contributed by atoms with Crippen LogP contribution < -0.4 is 16.3 Å². The van der Waals surface area contributed by atoms with Crippen molar-refractivity contribution in [1.82, 2.24) is 14.8 Å². The SMILES string of the molecule is C/C(=N/NC(=S)Nc1c(C)n(C)n(-c2ccccc2)c1=O)c1ccc(C)cc1. The lowest BCUT2D eigenvalue weighted by Crippen LogP contribution is -2.28. The molecule has 0 amide bonds. The van der Waals surface area contributed by atoms with Gasteiger partial charge < -0.3 is 5.32 Å². The lowest BCUT2D eigenvalue weighted by atomic mass is 10.1. The Morgan fingerprint density at radius 1 is 1.04 bits per heavy atom.